The Morgan fingerprint density at radius 3 is 2.68 bits per heavy atom. The van der Waals surface area contributed by atoms with Crippen LogP contribution >= 0.6 is 11.6 Å². The zero-order chi connectivity index (χ0) is 21.8. The lowest BCUT2D eigenvalue weighted by atomic mass is 10.1. The molecule has 2 aromatic carbocycles. The Balaban J connectivity index is 1.43. The molecule has 1 aliphatic carbocycles. The number of benzene rings is 2. The average molecular weight is 442 g/mol. The molecule has 0 aliphatic heterocycles. The second kappa shape index (κ2) is 9.35. The molecule has 1 aromatic heterocycles. The number of nitrogens with zero attached hydrogens (tertiary/aromatic N) is 1. The molecule has 3 aromatic rings. The van der Waals surface area contributed by atoms with E-state index in [1.807, 2.05) is 30.3 Å². The van der Waals surface area contributed by atoms with Crippen LogP contribution in [0.4, 0.5) is 4.39 Å². The van der Waals surface area contributed by atoms with Crippen LogP contribution in [-0.2, 0) is 11.3 Å². The maximum Gasteiger partial charge on any atom is 0.340 e. The van der Waals surface area contributed by atoms with E-state index in [1.54, 1.807) is 12.3 Å². The maximum absolute atomic E-state index is 14.2. The lowest BCUT2D eigenvalue weighted by Crippen LogP contribution is -2.06. The van der Waals surface area contributed by atoms with E-state index >= 15 is 0 Å². The van der Waals surface area contributed by atoms with E-state index in [0.29, 0.717) is 23.1 Å². The summed E-state index contributed by atoms with van der Waals surface area (Å²) in [7, 11) is 1.18. The standard InChI is InChI=1S/C24H21ClFNO4/c1-29-24(28)20-11-21(25)18(10-22(20)26)14-30-19-4-2-3-16(9-19)17-7-8-23(27-12-17)31-13-15-5-6-15/h2-4,7-12,15H,5-6,13-14H2,1H3. The quantitative estimate of drug-likeness (QED) is 0.420. The Hall–Kier alpha value is -3.12. The molecule has 0 saturated heterocycles. The molecule has 0 spiro atoms. The fourth-order valence-electron chi connectivity index (χ4n) is 3.02. The molecule has 4 rings (SSSR count). The van der Waals surface area contributed by atoms with Crippen LogP contribution in [0.15, 0.2) is 54.7 Å². The van der Waals surface area contributed by atoms with Crippen LogP contribution < -0.4 is 9.47 Å². The van der Waals surface area contributed by atoms with Gasteiger partial charge in [0.1, 0.15) is 18.2 Å². The molecular weight excluding hydrogens is 421 g/mol. The van der Waals surface area contributed by atoms with Gasteiger partial charge in [-0.15, -0.1) is 0 Å². The van der Waals surface area contributed by atoms with Gasteiger partial charge < -0.3 is 14.2 Å². The van der Waals surface area contributed by atoms with Crippen LogP contribution in [0.2, 0.25) is 5.02 Å². The largest absolute Gasteiger partial charge is 0.489 e. The van der Waals surface area contributed by atoms with E-state index < -0.39 is 11.8 Å². The van der Waals surface area contributed by atoms with E-state index in [4.69, 9.17) is 21.1 Å². The molecule has 0 N–H and O–H groups in total. The van der Waals surface area contributed by atoms with Crippen LogP contribution in [0.1, 0.15) is 28.8 Å². The van der Waals surface area contributed by atoms with Crippen LogP contribution in [-0.4, -0.2) is 24.7 Å². The van der Waals surface area contributed by atoms with Gasteiger partial charge in [0, 0.05) is 28.4 Å². The molecule has 1 fully saturated rings. The van der Waals surface area contributed by atoms with E-state index in [-0.39, 0.29) is 17.2 Å². The molecule has 160 valence electrons. The third-order valence-electron chi connectivity index (χ3n) is 5.00. The van der Waals surface area contributed by atoms with Gasteiger partial charge in [-0.3, -0.25) is 0 Å². The summed E-state index contributed by atoms with van der Waals surface area (Å²) in [5.41, 5.74) is 2.07. The summed E-state index contributed by atoms with van der Waals surface area (Å²) in [5, 5.41) is 0.226. The second-order valence-corrected chi connectivity index (χ2v) is 7.78. The number of carbonyl (C=O) groups is 1. The van der Waals surface area contributed by atoms with Gasteiger partial charge in [0.05, 0.1) is 19.3 Å². The molecule has 1 heterocycles. The normalized spacial score (nSPS) is 13.0. The number of halogens is 2. The first-order chi connectivity index (χ1) is 15.0. The van der Waals surface area contributed by atoms with Crippen LogP contribution in [0.25, 0.3) is 11.1 Å². The fraction of sp³-hybridized carbons (Fsp3) is 0.250. The Morgan fingerprint density at radius 1 is 1.13 bits per heavy atom. The summed E-state index contributed by atoms with van der Waals surface area (Å²) in [6, 6.07) is 13.7. The fourth-order valence-corrected chi connectivity index (χ4v) is 3.23. The highest BCUT2D eigenvalue weighted by molar-refractivity contribution is 6.31. The highest BCUT2D eigenvalue weighted by Gasteiger charge is 2.22. The molecule has 1 saturated carbocycles. The first-order valence-electron chi connectivity index (χ1n) is 9.92. The smallest absolute Gasteiger partial charge is 0.340 e. The van der Waals surface area contributed by atoms with Gasteiger partial charge in [-0.1, -0.05) is 23.7 Å². The zero-order valence-electron chi connectivity index (χ0n) is 16.9. The minimum absolute atomic E-state index is 0.0485. The topological polar surface area (TPSA) is 57.7 Å². The number of methoxy groups -OCH3 is 1. The minimum atomic E-state index is -0.780. The Labute approximate surface area is 184 Å². The molecule has 0 amide bonds. The van der Waals surface area contributed by atoms with E-state index in [1.165, 1.54) is 32.1 Å². The van der Waals surface area contributed by atoms with E-state index in [9.17, 15) is 9.18 Å². The Morgan fingerprint density at radius 2 is 1.97 bits per heavy atom. The van der Waals surface area contributed by atoms with Crippen molar-refractivity contribution in [2.45, 2.75) is 19.4 Å². The zero-order valence-corrected chi connectivity index (χ0v) is 17.7. The first-order valence-corrected chi connectivity index (χ1v) is 10.3. The van der Waals surface area contributed by atoms with Crippen molar-refractivity contribution in [3.63, 3.8) is 0 Å². The van der Waals surface area contributed by atoms with E-state index in [2.05, 4.69) is 9.72 Å². The molecule has 1 aliphatic rings. The monoisotopic (exact) mass is 441 g/mol. The van der Waals surface area contributed by atoms with Gasteiger partial charge in [0.25, 0.3) is 0 Å². The van der Waals surface area contributed by atoms with Crippen LogP contribution in [0.3, 0.4) is 0 Å². The Kier molecular flexibility index (Phi) is 6.37. The van der Waals surface area contributed by atoms with Gasteiger partial charge in [-0.25, -0.2) is 14.2 Å². The van der Waals surface area contributed by atoms with Gasteiger partial charge >= 0.3 is 5.97 Å². The van der Waals surface area contributed by atoms with Crippen LogP contribution in [0, 0.1) is 11.7 Å². The third kappa shape index (κ3) is 5.33. The summed E-state index contributed by atoms with van der Waals surface area (Å²) >= 11 is 6.19. The third-order valence-corrected chi connectivity index (χ3v) is 5.36. The van der Waals surface area contributed by atoms with Gasteiger partial charge in [0.15, 0.2) is 0 Å². The van der Waals surface area contributed by atoms with Crippen molar-refractivity contribution in [2.75, 3.05) is 13.7 Å². The van der Waals surface area contributed by atoms with Crippen molar-refractivity contribution in [1.82, 2.24) is 4.98 Å². The number of pyridine rings is 1. The lowest BCUT2D eigenvalue weighted by Gasteiger charge is -2.11. The molecule has 5 nitrogen and oxygen atoms in total. The number of ether oxygens (including phenoxy) is 3. The lowest BCUT2D eigenvalue weighted by molar-refractivity contribution is 0.0595. The predicted octanol–water partition coefficient (Wildman–Crippen LogP) is 5.70. The summed E-state index contributed by atoms with van der Waals surface area (Å²) < 4.78 is 30.2. The SMILES string of the molecule is COC(=O)c1cc(Cl)c(COc2cccc(-c3ccc(OCC4CC4)nc3)c2)cc1F. The van der Waals surface area contributed by atoms with Crippen molar-refractivity contribution in [2.24, 2.45) is 5.92 Å². The van der Waals surface area contributed by atoms with Crippen molar-refractivity contribution in [3.05, 3.63) is 76.7 Å². The molecule has 0 unspecified atom stereocenters. The maximum atomic E-state index is 14.2. The summed E-state index contributed by atoms with van der Waals surface area (Å²) in [6.45, 7) is 0.770. The minimum Gasteiger partial charge on any atom is -0.489 e. The summed E-state index contributed by atoms with van der Waals surface area (Å²) in [5.74, 6) is 0.403. The molecule has 0 bridgehead atoms. The number of hydrogen-bond donors (Lipinski definition) is 0. The van der Waals surface area contributed by atoms with Crippen LogP contribution in [0.5, 0.6) is 11.6 Å². The number of rotatable bonds is 8. The number of esters is 1. The molecule has 0 radical (unpaired) electrons. The molecule has 31 heavy (non-hydrogen) atoms. The van der Waals surface area contributed by atoms with Gasteiger partial charge in [-0.05, 0) is 54.7 Å². The van der Waals surface area contributed by atoms with Crippen molar-refractivity contribution in [3.8, 4) is 22.8 Å². The molecule has 7 heteroatoms. The predicted molar refractivity (Wildman–Crippen MR) is 115 cm³/mol. The number of aromatic nitrogens is 1. The molecule has 0 atom stereocenters. The first kappa shape index (κ1) is 21.1. The number of carbonyl (C=O) groups excluding carboxylic acids is 1. The summed E-state index contributed by atoms with van der Waals surface area (Å²) in [4.78, 5) is 15.9. The highest BCUT2D eigenvalue weighted by atomic mass is 35.5. The average Bonchev–Trinajstić information content (AvgIpc) is 3.62. The highest BCUT2D eigenvalue weighted by Crippen LogP contribution is 2.30. The summed E-state index contributed by atoms with van der Waals surface area (Å²) in [6.07, 6.45) is 4.23. The van der Waals surface area contributed by atoms with E-state index in [0.717, 1.165) is 17.7 Å². The Bertz CT molecular complexity index is 1080. The van der Waals surface area contributed by atoms with Gasteiger partial charge in [-0.2, -0.15) is 0 Å². The second-order valence-electron chi connectivity index (χ2n) is 7.37. The van der Waals surface area contributed by atoms with Crippen molar-refractivity contribution in [1.29, 1.82) is 0 Å². The number of hydrogen-bond acceptors (Lipinski definition) is 5. The van der Waals surface area contributed by atoms with Crippen molar-refractivity contribution < 1.29 is 23.4 Å². The van der Waals surface area contributed by atoms with Gasteiger partial charge in [0.2, 0.25) is 5.88 Å². The molecular formula is C24H21ClFNO4. The van der Waals surface area contributed by atoms with Crippen molar-refractivity contribution >= 4 is 17.6 Å².